The Balaban J connectivity index is 1.95. The Kier molecular flexibility index (Phi) is 3.84. The molecule has 1 aliphatic rings. The summed E-state index contributed by atoms with van der Waals surface area (Å²) in [5.74, 6) is 0.0259. The molecule has 4 heteroatoms. The predicted octanol–water partition coefficient (Wildman–Crippen LogP) is 2.76. The van der Waals surface area contributed by atoms with Crippen LogP contribution in [0.25, 0.3) is 0 Å². The van der Waals surface area contributed by atoms with Crippen LogP contribution in [0.5, 0.6) is 0 Å². The molecule has 1 fully saturated rings. The van der Waals surface area contributed by atoms with Crippen LogP contribution in [0.2, 0.25) is 0 Å². The highest BCUT2D eigenvalue weighted by molar-refractivity contribution is 9.10. The van der Waals surface area contributed by atoms with Crippen LogP contribution in [0.1, 0.15) is 24.0 Å². The number of rotatable bonds is 4. The normalized spacial score (nSPS) is 14.8. The molecule has 2 rings (SSSR count). The van der Waals surface area contributed by atoms with Crippen LogP contribution in [-0.2, 0) is 4.79 Å². The fourth-order valence-electron chi connectivity index (χ4n) is 1.75. The lowest BCUT2D eigenvalue weighted by Crippen LogP contribution is -2.29. The Morgan fingerprint density at radius 3 is 2.47 bits per heavy atom. The zero-order chi connectivity index (χ0) is 12.4. The molecule has 3 nitrogen and oxygen atoms in total. The summed E-state index contributed by atoms with van der Waals surface area (Å²) >= 11 is 3.51. The number of carbonyl (C=O) groups is 1. The van der Waals surface area contributed by atoms with Crippen molar-refractivity contribution in [3.8, 4) is 0 Å². The summed E-state index contributed by atoms with van der Waals surface area (Å²) in [6, 6.07) is 4.52. The van der Waals surface area contributed by atoms with E-state index in [2.05, 4.69) is 26.6 Å². The summed E-state index contributed by atoms with van der Waals surface area (Å²) < 4.78 is 1.10. The molecule has 0 aromatic heterocycles. The average Bonchev–Trinajstić information content (AvgIpc) is 3.07. The molecule has 0 spiro atoms. The molecule has 1 amide bonds. The minimum Gasteiger partial charge on any atom is -0.325 e. The number of carbonyl (C=O) groups excluding carboxylic acids is 1. The van der Waals surface area contributed by atoms with Crippen molar-refractivity contribution in [3.63, 3.8) is 0 Å². The number of hydrogen-bond donors (Lipinski definition) is 2. The highest BCUT2D eigenvalue weighted by Gasteiger charge is 2.21. The van der Waals surface area contributed by atoms with Crippen molar-refractivity contribution in [2.45, 2.75) is 32.7 Å². The Bertz CT molecular complexity index is 418. The molecule has 0 heterocycles. The quantitative estimate of drug-likeness (QED) is 0.897. The van der Waals surface area contributed by atoms with E-state index in [1.807, 2.05) is 26.0 Å². The standard InChI is InChI=1S/C13H17BrN2O/c1-8-5-11(6-9(2)13(8)14)16-12(17)7-15-10-3-4-10/h5-6,10,15H,3-4,7H2,1-2H3,(H,16,17). The molecular weight excluding hydrogens is 280 g/mol. The lowest BCUT2D eigenvalue weighted by molar-refractivity contribution is -0.115. The molecule has 92 valence electrons. The third kappa shape index (κ3) is 3.54. The van der Waals surface area contributed by atoms with Crippen LogP contribution in [0, 0.1) is 13.8 Å². The van der Waals surface area contributed by atoms with Crippen LogP contribution in [-0.4, -0.2) is 18.5 Å². The molecule has 0 bridgehead atoms. The monoisotopic (exact) mass is 296 g/mol. The van der Waals surface area contributed by atoms with Gasteiger partial charge in [-0.25, -0.2) is 0 Å². The smallest absolute Gasteiger partial charge is 0.238 e. The zero-order valence-corrected chi connectivity index (χ0v) is 11.7. The van der Waals surface area contributed by atoms with E-state index >= 15 is 0 Å². The number of aryl methyl sites for hydroxylation is 2. The van der Waals surface area contributed by atoms with Gasteiger partial charge in [-0.3, -0.25) is 4.79 Å². The molecule has 0 atom stereocenters. The van der Waals surface area contributed by atoms with Crippen LogP contribution in [0.15, 0.2) is 16.6 Å². The third-order valence-corrected chi connectivity index (χ3v) is 4.10. The number of amides is 1. The van der Waals surface area contributed by atoms with Crippen molar-refractivity contribution in [3.05, 3.63) is 27.7 Å². The lowest BCUT2D eigenvalue weighted by atomic mass is 10.1. The lowest BCUT2D eigenvalue weighted by Gasteiger charge is -2.10. The van der Waals surface area contributed by atoms with Gasteiger partial charge in [0.05, 0.1) is 6.54 Å². The van der Waals surface area contributed by atoms with Gasteiger partial charge in [0.1, 0.15) is 0 Å². The number of benzene rings is 1. The maximum atomic E-state index is 11.7. The Hall–Kier alpha value is -0.870. The van der Waals surface area contributed by atoms with Crippen LogP contribution in [0.4, 0.5) is 5.69 Å². The molecular formula is C13H17BrN2O. The van der Waals surface area contributed by atoms with E-state index in [1.165, 1.54) is 12.8 Å². The van der Waals surface area contributed by atoms with Gasteiger partial charge >= 0.3 is 0 Å². The summed E-state index contributed by atoms with van der Waals surface area (Å²) in [6.07, 6.45) is 2.40. The van der Waals surface area contributed by atoms with Crippen molar-refractivity contribution in [2.75, 3.05) is 11.9 Å². The second-order valence-corrected chi connectivity index (χ2v) is 5.42. The van der Waals surface area contributed by atoms with Crippen molar-refractivity contribution in [2.24, 2.45) is 0 Å². The summed E-state index contributed by atoms with van der Waals surface area (Å²) in [7, 11) is 0. The van der Waals surface area contributed by atoms with Gasteiger partial charge in [0, 0.05) is 16.2 Å². The second kappa shape index (κ2) is 5.19. The first-order valence-electron chi connectivity index (χ1n) is 5.86. The van der Waals surface area contributed by atoms with E-state index < -0.39 is 0 Å². The Labute approximate surface area is 110 Å². The van der Waals surface area contributed by atoms with Crippen molar-refractivity contribution in [1.29, 1.82) is 0 Å². The van der Waals surface area contributed by atoms with Crippen LogP contribution < -0.4 is 10.6 Å². The Morgan fingerprint density at radius 2 is 1.94 bits per heavy atom. The average molecular weight is 297 g/mol. The molecule has 1 saturated carbocycles. The first-order valence-corrected chi connectivity index (χ1v) is 6.65. The maximum absolute atomic E-state index is 11.7. The fraction of sp³-hybridized carbons (Fsp3) is 0.462. The number of nitrogens with one attached hydrogen (secondary N) is 2. The molecule has 0 radical (unpaired) electrons. The number of halogens is 1. The molecule has 0 saturated heterocycles. The van der Waals surface area contributed by atoms with E-state index in [0.29, 0.717) is 12.6 Å². The van der Waals surface area contributed by atoms with Crippen molar-refractivity contribution in [1.82, 2.24) is 5.32 Å². The van der Waals surface area contributed by atoms with Crippen LogP contribution in [0.3, 0.4) is 0 Å². The van der Waals surface area contributed by atoms with Gasteiger partial charge < -0.3 is 10.6 Å². The first-order chi connectivity index (χ1) is 8.06. The van der Waals surface area contributed by atoms with Gasteiger partial charge in [0.2, 0.25) is 5.91 Å². The van der Waals surface area contributed by atoms with Crippen LogP contribution >= 0.6 is 15.9 Å². The minimum atomic E-state index is 0.0259. The van der Waals surface area contributed by atoms with Crippen molar-refractivity contribution >= 4 is 27.5 Å². The summed E-state index contributed by atoms with van der Waals surface area (Å²) in [5.41, 5.74) is 3.14. The molecule has 2 N–H and O–H groups in total. The fourth-order valence-corrected chi connectivity index (χ4v) is 1.98. The SMILES string of the molecule is Cc1cc(NC(=O)CNC2CC2)cc(C)c1Br. The van der Waals surface area contributed by atoms with Gasteiger partial charge in [-0.1, -0.05) is 15.9 Å². The largest absolute Gasteiger partial charge is 0.325 e. The molecule has 0 aliphatic heterocycles. The number of anilines is 1. The van der Waals surface area contributed by atoms with E-state index in [0.717, 1.165) is 21.3 Å². The first kappa shape index (κ1) is 12.6. The molecule has 0 unspecified atom stereocenters. The molecule has 1 aromatic carbocycles. The molecule has 1 aromatic rings. The minimum absolute atomic E-state index is 0.0259. The highest BCUT2D eigenvalue weighted by Crippen LogP contribution is 2.25. The van der Waals surface area contributed by atoms with E-state index in [9.17, 15) is 4.79 Å². The predicted molar refractivity (Wildman–Crippen MR) is 73.3 cm³/mol. The second-order valence-electron chi connectivity index (χ2n) is 4.63. The van der Waals surface area contributed by atoms with Crippen molar-refractivity contribution < 1.29 is 4.79 Å². The van der Waals surface area contributed by atoms with E-state index in [4.69, 9.17) is 0 Å². The zero-order valence-electron chi connectivity index (χ0n) is 10.1. The Morgan fingerprint density at radius 1 is 1.35 bits per heavy atom. The summed E-state index contributed by atoms with van der Waals surface area (Å²) in [5, 5.41) is 6.11. The third-order valence-electron chi connectivity index (χ3n) is 2.85. The van der Waals surface area contributed by atoms with Gasteiger partial charge in [-0.2, -0.15) is 0 Å². The summed E-state index contributed by atoms with van der Waals surface area (Å²) in [6.45, 7) is 4.45. The van der Waals surface area contributed by atoms with Gasteiger partial charge in [0.15, 0.2) is 0 Å². The van der Waals surface area contributed by atoms with Gasteiger partial charge in [-0.05, 0) is 49.9 Å². The molecule has 17 heavy (non-hydrogen) atoms. The highest BCUT2D eigenvalue weighted by atomic mass is 79.9. The number of hydrogen-bond acceptors (Lipinski definition) is 2. The van der Waals surface area contributed by atoms with Gasteiger partial charge in [0.25, 0.3) is 0 Å². The van der Waals surface area contributed by atoms with Gasteiger partial charge in [-0.15, -0.1) is 0 Å². The van der Waals surface area contributed by atoms with E-state index in [1.54, 1.807) is 0 Å². The maximum Gasteiger partial charge on any atom is 0.238 e. The summed E-state index contributed by atoms with van der Waals surface area (Å²) in [4.78, 5) is 11.7. The van der Waals surface area contributed by atoms with E-state index in [-0.39, 0.29) is 5.91 Å². The molecule has 1 aliphatic carbocycles. The topological polar surface area (TPSA) is 41.1 Å².